The summed E-state index contributed by atoms with van der Waals surface area (Å²) in [5.74, 6) is 0.248. The number of carbonyl (C=O) groups excluding carboxylic acids is 3. The van der Waals surface area contributed by atoms with Gasteiger partial charge in [0.2, 0.25) is 11.8 Å². The number of hydrogen-bond acceptors (Lipinski definition) is 3. The highest BCUT2D eigenvalue weighted by atomic mass is 16.2. The number of amides is 3. The fourth-order valence-electron chi connectivity index (χ4n) is 4.60. The van der Waals surface area contributed by atoms with Crippen LogP contribution in [0.25, 0.3) is 0 Å². The van der Waals surface area contributed by atoms with E-state index < -0.39 is 5.41 Å². The zero-order chi connectivity index (χ0) is 18.3. The molecule has 1 spiro atoms. The summed E-state index contributed by atoms with van der Waals surface area (Å²) in [5.41, 5.74) is 0.988. The maximum absolute atomic E-state index is 13.0. The van der Waals surface area contributed by atoms with Crippen LogP contribution in [0.3, 0.4) is 0 Å². The molecule has 3 heterocycles. The minimum Gasteiger partial charge on any atom is -0.345 e. The first-order valence-corrected chi connectivity index (χ1v) is 9.45. The lowest BCUT2D eigenvalue weighted by Crippen LogP contribution is -2.48. The molecule has 0 unspecified atom stereocenters. The molecule has 0 N–H and O–H groups in total. The van der Waals surface area contributed by atoms with Gasteiger partial charge in [0, 0.05) is 50.9 Å². The van der Waals surface area contributed by atoms with Crippen molar-refractivity contribution in [3.05, 3.63) is 29.8 Å². The monoisotopic (exact) mass is 355 g/mol. The van der Waals surface area contributed by atoms with E-state index in [0.717, 1.165) is 37.9 Å². The summed E-state index contributed by atoms with van der Waals surface area (Å²) < 4.78 is 0. The predicted molar refractivity (Wildman–Crippen MR) is 97.9 cm³/mol. The summed E-state index contributed by atoms with van der Waals surface area (Å²) in [4.78, 5) is 43.0. The van der Waals surface area contributed by atoms with Gasteiger partial charge in [0.05, 0.1) is 5.41 Å². The summed E-state index contributed by atoms with van der Waals surface area (Å²) in [6.07, 6.45) is 4.04. The number of piperidine rings is 1. The van der Waals surface area contributed by atoms with E-state index in [0.29, 0.717) is 31.6 Å². The lowest BCUT2D eigenvalue weighted by Gasteiger charge is -2.37. The van der Waals surface area contributed by atoms with Crippen molar-refractivity contribution < 1.29 is 14.4 Å². The lowest BCUT2D eigenvalue weighted by atomic mass is 9.78. The lowest BCUT2D eigenvalue weighted by molar-refractivity contribution is -0.143. The molecule has 0 bridgehead atoms. The van der Waals surface area contributed by atoms with Crippen LogP contribution in [0.5, 0.6) is 0 Å². The Morgan fingerprint density at radius 2 is 1.92 bits per heavy atom. The van der Waals surface area contributed by atoms with Gasteiger partial charge in [0.1, 0.15) is 0 Å². The maximum Gasteiger partial charge on any atom is 0.253 e. The molecule has 3 saturated heterocycles. The molecule has 26 heavy (non-hydrogen) atoms. The van der Waals surface area contributed by atoms with Gasteiger partial charge < -0.3 is 14.7 Å². The molecule has 3 amide bonds. The Morgan fingerprint density at radius 3 is 2.69 bits per heavy atom. The van der Waals surface area contributed by atoms with Gasteiger partial charge in [-0.2, -0.15) is 0 Å². The minimum atomic E-state index is -0.398. The molecular formula is C20H25N3O3. The van der Waals surface area contributed by atoms with Crippen molar-refractivity contribution in [3.63, 3.8) is 0 Å². The van der Waals surface area contributed by atoms with E-state index in [4.69, 9.17) is 0 Å². The molecular weight excluding hydrogens is 330 g/mol. The highest BCUT2D eigenvalue weighted by Crippen LogP contribution is 2.40. The standard InChI is InChI=1S/C20H25N3O3/c1-21-10-4-8-20(19(21)26)9-12-22(14-20)18(25)15-5-2-6-16(13-15)23-11-3-7-17(23)24/h2,5-6,13H,3-4,7-12,14H2,1H3/t20-/m1/s1. The van der Waals surface area contributed by atoms with E-state index in [-0.39, 0.29) is 17.7 Å². The van der Waals surface area contributed by atoms with E-state index in [9.17, 15) is 14.4 Å². The Balaban J connectivity index is 1.52. The number of likely N-dealkylation sites (tertiary alicyclic amines) is 2. The maximum atomic E-state index is 13.0. The number of hydrogen-bond donors (Lipinski definition) is 0. The first kappa shape index (κ1) is 17.1. The SMILES string of the molecule is CN1CCC[C@]2(CCN(C(=O)c3cccc(N4CCCC4=O)c3)C2)C1=O. The Kier molecular flexibility index (Phi) is 4.21. The largest absolute Gasteiger partial charge is 0.345 e. The van der Waals surface area contributed by atoms with Crippen LogP contribution >= 0.6 is 0 Å². The molecule has 0 saturated carbocycles. The number of carbonyl (C=O) groups is 3. The van der Waals surface area contributed by atoms with E-state index in [1.54, 1.807) is 15.9 Å². The average molecular weight is 355 g/mol. The van der Waals surface area contributed by atoms with E-state index >= 15 is 0 Å². The van der Waals surface area contributed by atoms with Crippen LogP contribution in [0.1, 0.15) is 42.5 Å². The Morgan fingerprint density at radius 1 is 1.08 bits per heavy atom. The fourth-order valence-corrected chi connectivity index (χ4v) is 4.60. The number of benzene rings is 1. The third kappa shape index (κ3) is 2.77. The molecule has 6 heteroatoms. The molecule has 1 aromatic rings. The average Bonchev–Trinajstić information content (AvgIpc) is 3.26. The molecule has 6 nitrogen and oxygen atoms in total. The topological polar surface area (TPSA) is 60.9 Å². The second-order valence-electron chi connectivity index (χ2n) is 7.79. The second kappa shape index (κ2) is 6.41. The van der Waals surface area contributed by atoms with Gasteiger partial charge in [0.15, 0.2) is 0 Å². The highest BCUT2D eigenvalue weighted by Gasteiger charge is 2.48. The van der Waals surface area contributed by atoms with Crippen molar-refractivity contribution >= 4 is 23.4 Å². The van der Waals surface area contributed by atoms with E-state index in [2.05, 4.69) is 0 Å². The smallest absolute Gasteiger partial charge is 0.253 e. The van der Waals surface area contributed by atoms with Crippen molar-refractivity contribution in [3.8, 4) is 0 Å². The van der Waals surface area contributed by atoms with Gasteiger partial charge in [0.25, 0.3) is 5.91 Å². The number of anilines is 1. The number of rotatable bonds is 2. The molecule has 1 atom stereocenters. The zero-order valence-electron chi connectivity index (χ0n) is 15.2. The number of nitrogens with zero attached hydrogens (tertiary/aromatic N) is 3. The molecule has 138 valence electrons. The van der Waals surface area contributed by atoms with E-state index in [1.807, 2.05) is 30.1 Å². The van der Waals surface area contributed by atoms with Gasteiger partial charge in [-0.3, -0.25) is 14.4 Å². The summed E-state index contributed by atoms with van der Waals surface area (Å²) in [6.45, 7) is 2.64. The van der Waals surface area contributed by atoms with Crippen molar-refractivity contribution in [2.75, 3.05) is 38.1 Å². The van der Waals surface area contributed by atoms with Crippen LogP contribution in [0.2, 0.25) is 0 Å². The van der Waals surface area contributed by atoms with Gasteiger partial charge in [-0.25, -0.2) is 0 Å². The zero-order valence-corrected chi connectivity index (χ0v) is 15.2. The summed E-state index contributed by atoms with van der Waals surface area (Å²) in [6, 6.07) is 7.32. The molecule has 0 radical (unpaired) electrons. The first-order valence-electron chi connectivity index (χ1n) is 9.45. The molecule has 4 rings (SSSR count). The summed E-state index contributed by atoms with van der Waals surface area (Å²) in [5, 5.41) is 0. The Bertz CT molecular complexity index is 762. The van der Waals surface area contributed by atoms with Crippen LogP contribution in [0.15, 0.2) is 24.3 Å². The molecule has 3 fully saturated rings. The van der Waals surface area contributed by atoms with Crippen molar-refractivity contribution in [1.82, 2.24) is 9.80 Å². The molecule has 1 aromatic carbocycles. The quantitative estimate of drug-likeness (QED) is 0.814. The van der Waals surface area contributed by atoms with Crippen LogP contribution < -0.4 is 4.90 Å². The molecule has 3 aliphatic rings. The van der Waals surface area contributed by atoms with Crippen LogP contribution in [-0.4, -0.2) is 60.7 Å². The molecule has 0 aliphatic carbocycles. The second-order valence-corrected chi connectivity index (χ2v) is 7.79. The Hall–Kier alpha value is -2.37. The van der Waals surface area contributed by atoms with Crippen molar-refractivity contribution in [2.45, 2.75) is 32.1 Å². The predicted octanol–water partition coefficient (Wildman–Crippen LogP) is 1.90. The molecule has 3 aliphatic heterocycles. The van der Waals surface area contributed by atoms with Crippen LogP contribution in [0.4, 0.5) is 5.69 Å². The van der Waals surface area contributed by atoms with Gasteiger partial charge in [-0.15, -0.1) is 0 Å². The highest BCUT2D eigenvalue weighted by molar-refractivity contribution is 5.99. The van der Waals surface area contributed by atoms with Crippen LogP contribution in [0, 0.1) is 5.41 Å². The van der Waals surface area contributed by atoms with Gasteiger partial charge in [-0.05, 0) is 43.9 Å². The third-order valence-electron chi connectivity index (χ3n) is 6.07. The third-order valence-corrected chi connectivity index (χ3v) is 6.07. The van der Waals surface area contributed by atoms with Crippen LogP contribution in [-0.2, 0) is 9.59 Å². The van der Waals surface area contributed by atoms with Crippen molar-refractivity contribution in [2.24, 2.45) is 5.41 Å². The normalized spacial score (nSPS) is 26.3. The molecule has 0 aromatic heterocycles. The first-order chi connectivity index (χ1) is 12.5. The van der Waals surface area contributed by atoms with Gasteiger partial charge >= 0.3 is 0 Å². The van der Waals surface area contributed by atoms with E-state index in [1.165, 1.54) is 0 Å². The van der Waals surface area contributed by atoms with Crippen molar-refractivity contribution in [1.29, 1.82) is 0 Å². The summed E-state index contributed by atoms with van der Waals surface area (Å²) in [7, 11) is 1.85. The fraction of sp³-hybridized carbons (Fsp3) is 0.550. The summed E-state index contributed by atoms with van der Waals surface area (Å²) >= 11 is 0. The Labute approximate surface area is 153 Å². The minimum absolute atomic E-state index is 0.0450. The van der Waals surface area contributed by atoms with Gasteiger partial charge in [-0.1, -0.05) is 6.07 Å².